The molecule has 2 rings (SSSR count). The molecule has 2 aromatic rings. The average molecular weight is 208 g/mol. The van der Waals surface area contributed by atoms with Crippen LogP contribution in [0.15, 0.2) is 15.3 Å². The van der Waals surface area contributed by atoms with E-state index in [2.05, 4.69) is 15.1 Å². The monoisotopic (exact) mass is 208 g/mol. The normalized spacial score (nSPS) is 11.5. The summed E-state index contributed by atoms with van der Waals surface area (Å²) in [5.41, 5.74) is 0.790. The second-order valence-corrected chi connectivity index (χ2v) is 3.69. The highest BCUT2D eigenvalue weighted by Crippen LogP contribution is 2.19. The lowest BCUT2D eigenvalue weighted by atomic mass is 10.3. The fourth-order valence-electron chi connectivity index (χ4n) is 1.24. The first-order valence-electron chi connectivity index (χ1n) is 3.93. The van der Waals surface area contributed by atoms with Gasteiger partial charge in [-0.2, -0.15) is 5.10 Å². The van der Waals surface area contributed by atoms with E-state index in [4.69, 9.17) is 5.84 Å². The van der Waals surface area contributed by atoms with Crippen molar-refractivity contribution in [3.63, 3.8) is 0 Å². The van der Waals surface area contributed by atoms with Crippen molar-refractivity contribution in [2.24, 2.45) is 10.9 Å². The highest BCUT2D eigenvalue weighted by atomic mass is 32.1. The number of aromatic nitrogens is 2. The summed E-state index contributed by atoms with van der Waals surface area (Å²) in [6, 6.07) is 0. The molecule has 0 aliphatic heterocycles. The van der Waals surface area contributed by atoms with E-state index in [9.17, 15) is 4.79 Å². The molecule has 0 unspecified atom stereocenters. The van der Waals surface area contributed by atoms with Crippen molar-refractivity contribution < 1.29 is 0 Å². The molecule has 0 atom stereocenters. The second-order valence-electron chi connectivity index (χ2n) is 2.83. The second kappa shape index (κ2) is 3.22. The third-order valence-electron chi connectivity index (χ3n) is 1.84. The van der Waals surface area contributed by atoms with E-state index in [-0.39, 0.29) is 5.56 Å². The Bertz CT molecular complexity index is 554. The molecule has 0 aliphatic carbocycles. The standard InChI is InChI=1S/C8H8N4OS/c1-4-3-14-8-6(4)7(13)11-5(12-8)2-10-9/h2-3H,9H2,1H3,(H,11,12,13). The minimum atomic E-state index is -0.149. The maximum absolute atomic E-state index is 11.6. The molecule has 0 bridgehead atoms. The topological polar surface area (TPSA) is 84.1 Å². The molecule has 0 aliphatic rings. The number of rotatable bonds is 1. The fourth-order valence-corrected chi connectivity index (χ4v) is 2.17. The quantitative estimate of drug-likeness (QED) is 0.408. The Labute approximate surface area is 83.3 Å². The highest BCUT2D eigenvalue weighted by molar-refractivity contribution is 7.16. The number of nitrogens with one attached hydrogen (secondary N) is 1. The zero-order valence-electron chi connectivity index (χ0n) is 7.44. The summed E-state index contributed by atoms with van der Waals surface area (Å²) in [4.78, 5) is 19.0. The summed E-state index contributed by atoms with van der Waals surface area (Å²) in [6.07, 6.45) is 1.32. The lowest BCUT2D eigenvalue weighted by molar-refractivity contribution is 1.14. The first-order chi connectivity index (χ1) is 6.72. The van der Waals surface area contributed by atoms with Crippen LogP contribution in [0.3, 0.4) is 0 Å². The Morgan fingerprint density at radius 3 is 3.21 bits per heavy atom. The van der Waals surface area contributed by atoms with Gasteiger partial charge in [0.05, 0.1) is 11.6 Å². The van der Waals surface area contributed by atoms with E-state index >= 15 is 0 Å². The van der Waals surface area contributed by atoms with Crippen LogP contribution in [0.2, 0.25) is 0 Å². The smallest absolute Gasteiger partial charge is 0.260 e. The van der Waals surface area contributed by atoms with Crippen LogP contribution in [-0.4, -0.2) is 16.2 Å². The minimum Gasteiger partial charge on any atom is -0.323 e. The number of nitrogens with zero attached hydrogens (tertiary/aromatic N) is 2. The number of hydrogen-bond donors (Lipinski definition) is 2. The number of hydrogen-bond acceptors (Lipinski definition) is 5. The third kappa shape index (κ3) is 1.29. The van der Waals surface area contributed by atoms with Crippen molar-refractivity contribution in [3.8, 4) is 0 Å². The Morgan fingerprint density at radius 1 is 1.71 bits per heavy atom. The summed E-state index contributed by atoms with van der Waals surface area (Å²) in [5, 5.41) is 5.85. The maximum Gasteiger partial charge on any atom is 0.260 e. The van der Waals surface area contributed by atoms with Crippen LogP contribution >= 0.6 is 11.3 Å². The van der Waals surface area contributed by atoms with Gasteiger partial charge in [0.2, 0.25) is 0 Å². The zero-order chi connectivity index (χ0) is 10.1. The van der Waals surface area contributed by atoms with Gasteiger partial charge in [0.25, 0.3) is 5.56 Å². The van der Waals surface area contributed by atoms with Crippen LogP contribution in [-0.2, 0) is 0 Å². The van der Waals surface area contributed by atoms with Gasteiger partial charge in [-0.05, 0) is 17.9 Å². The number of thiophene rings is 1. The van der Waals surface area contributed by atoms with Crippen molar-refractivity contribution in [1.29, 1.82) is 0 Å². The van der Waals surface area contributed by atoms with Crippen molar-refractivity contribution in [3.05, 3.63) is 27.1 Å². The summed E-state index contributed by atoms with van der Waals surface area (Å²) in [6.45, 7) is 1.88. The van der Waals surface area contributed by atoms with Crippen LogP contribution < -0.4 is 11.4 Å². The Balaban J connectivity index is 2.81. The molecule has 0 aromatic carbocycles. The maximum atomic E-state index is 11.6. The Morgan fingerprint density at radius 2 is 2.50 bits per heavy atom. The minimum absolute atomic E-state index is 0.149. The molecule has 2 heterocycles. The van der Waals surface area contributed by atoms with Gasteiger partial charge < -0.3 is 10.8 Å². The zero-order valence-corrected chi connectivity index (χ0v) is 8.26. The van der Waals surface area contributed by atoms with Gasteiger partial charge in [-0.3, -0.25) is 4.79 Å². The molecule has 6 heteroatoms. The molecular weight excluding hydrogens is 200 g/mol. The van der Waals surface area contributed by atoms with Crippen LogP contribution in [0.5, 0.6) is 0 Å². The average Bonchev–Trinajstić information content (AvgIpc) is 2.48. The number of aryl methyl sites for hydroxylation is 1. The van der Waals surface area contributed by atoms with Crippen LogP contribution in [0.25, 0.3) is 10.2 Å². The first-order valence-corrected chi connectivity index (χ1v) is 4.81. The predicted molar refractivity (Wildman–Crippen MR) is 56.8 cm³/mol. The molecule has 0 spiro atoms. The molecule has 3 N–H and O–H groups in total. The van der Waals surface area contributed by atoms with Crippen molar-refractivity contribution >= 4 is 27.8 Å². The van der Waals surface area contributed by atoms with E-state index in [0.717, 1.165) is 5.56 Å². The molecule has 0 saturated carbocycles. The van der Waals surface area contributed by atoms with E-state index in [0.29, 0.717) is 16.0 Å². The first kappa shape index (κ1) is 8.89. The SMILES string of the molecule is Cc1csc2nc(C=NN)[nH]c(=O)c12. The van der Waals surface area contributed by atoms with E-state index in [1.54, 1.807) is 0 Å². The lowest BCUT2D eigenvalue weighted by Crippen LogP contribution is -2.11. The summed E-state index contributed by atoms with van der Waals surface area (Å²) in [7, 11) is 0. The molecule has 14 heavy (non-hydrogen) atoms. The van der Waals surface area contributed by atoms with E-state index < -0.39 is 0 Å². The van der Waals surface area contributed by atoms with Crippen LogP contribution in [0, 0.1) is 6.92 Å². The van der Waals surface area contributed by atoms with Gasteiger partial charge in [-0.25, -0.2) is 4.98 Å². The van der Waals surface area contributed by atoms with E-state index in [1.807, 2.05) is 12.3 Å². The number of fused-ring (bicyclic) bond motifs is 1. The molecule has 0 saturated heterocycles. The van der Waals surface area contributed by atoms with Gasteiger partial charge >= 0.3 is 0 Å². The van der Waals surface area contributed by atoms with Gasteiger partial charge in [0.1, 0.15) is 4.83 Å². The van der Waals surface area contributed by atoms with Crippen molar-refractivity contribution in [2.75, 3.05) is 0 Å². The van der Waals surface area contributed by atoms with Crippen molar-refractivity contribution in [2.45, 2.75) is 6.92 Å². The Hall–Kier alpha value is -1.69. The van der Waals surface area contributed by atoms with E-state index in [1.165, 1.54) is 17.6 Å². The molecule has 2 aromatic heterocycles. The summed E-state index contributed by atoms with van der Waals surface area (Å²) in [5.74, 6) is 5.35. The summed E-state index contributed by atoms with van der Waals surface area (Å²) >= 11 is 1.43. The van der Waals surface area contributed by atoms with Crippen LogP contribution in [0.4, 0.5) is 0 Å². The molecule has 5 nitrogen and oxygen atoms in total. The summed E-state index contributed by atoms with van der Waals surface area (Å²) < 4.78 is 0. The molecular formula is C8H8N4OS. The van der Waals surface area contributed by atoms with Gasteiger partial charge in [-0.15, -0.1) is 11.3 Å². The number of nitrogens with two attached hydrogens (primary N) is 1. The van der Waals surface area contributed by atoms with Gasteiger partial charge in [-0.1, -0.05) is 0 Å². The molecule has 72 valence electrons. The van der Waals surface area contributed by atoms with Gasteiger partial charge in [0.15, 0.2) is 5.82 Å². The predicted octanol–water partition coefficient (Wildman–Crippen LogP) is 0.586. The lowest BCUT2D eigenvalue weighted by Gasteiger charge is -1.93. The Kier molecular flexibility index (Phi) is 2.05. The third-order valence-corrected chi connectivity index (χ3v) is 2.83. The molecule has 0 fully saturated rings. The van der Waals surface area contributed by atoms with Crippen molar-refractivity contribution in [1.82, 2.24) is 9.97 Å². The largest absolute Gasteiger partial charge is 0.323 e. The number of aromatic amines is 1. The van der Waals surface area contributed by atoms with Gasteiger partial charge in [0, 0.05) is 0 Å². The fraction of sp³-hybridized carbons (Fsp3) is 0.125. The number of H-pyrrole nitrogens is 1. The molecule has 0 amide bonds. The molecule has 0 radical (unpaired) electrons. The highest BCUT2D eigenvalue weighted by Gasteiger charge is 2.06. The van der Waals surface area contributed by atoms with Crippen LogP contribution in [0.1, 0.15) is 11.4 Å². The number of hydrazone groups is 1.